The van der Waals surface area contributed by atoms with Crippen LogP contribution in [0.2, 0.25) is 0 Å². The minimum absolute atomic E-state index is 0.385. The topological polar surface area (TPSA) is 21.3 Å². The zero-order valence-corrected chi connectivity index (χ0v) is 12.4. The van der Waals surface area contributed by atoms with E-state index >= 15 is 0 Å². The molecular formula is C15H20BrNO. The Bertz CT molecular complexity index is 423. The first-order chi connectivity index (χ1) is 8.70. The Kier molecular flexibility index (Phi) is 3.62. The first-order valence-electron chi connectivity index (χ1n) is 6.89. The van der Waals surface area contributed by atoms with Crippen molar-refractivity contribution in [3.8, 4) is 5.75 Å². The predicted octanol–water partition coefficient (Wildman–Crippen LogP) is 3.81. The molecule has 2 fully saturated rings. The molecule has 2 bridgehead atoms. The van der Waals surface area contributed by atoms with Crippen molar-refractivity contribution in [1.29, 1.82) is 0 Å². The highest BCUT2D eigenvalue weighted by Crippen LogP contribution is 2.30. The van der Waals surface area contributed by atoms with Crippen LogP contribution in [-0.2, 0) is 0 Å². The molecule has 1 N–H and O–H groups in total. The van der Waals surface area contributed by atoms with E-state index in [-0.39, 0.29) is 0 Å². The molecule has 0 saturated carbocycles. The highest BCUT2D eigenvalue weighted by atomic mass is 79.9. The number of halogens is 1. The van der Waals surface area contributed by atoms with Crippen LogP contribution in [0.25, 0.3) is 0 Å². The maximum absolute atomic E-state index is 6.16. The van der Waals surface area contributed by atoms with E-state index in [0.29, 0.717) is 18.2 Å². The van der Waals surface area contributed by atoms with E-state index in [2.05, 4.69) is 46.4 Å². The molecule has 3 rings (SSSR count). The molecule has 0 spiro atoms. The molecule has 0 aliphatic carbocycles. The quantitative estimate of drug-likeness (QED) is 0.897. The highest BCUT2D eigenvalue weighted by Gasteiger charge is 2.32. The predicted molar refractivity (Wildman–Crippen MR) is 77.1 cm³/mol. The van der Waals surface area contributed by atoms with Crippen LogP contribution in [0.4, 0.5) is 0 Å². The Morgan fingerprint density at radius 3 is 2.61 bits per heavy atom. The number of hydrogen-bond acceptors (Lipinski definition) is 2. The van der Waals surface area contributed by atoms with Gasteiger partial charge in [0.2, 0.25) is 0 Å². The average molecular weight is 310 g/mol. The van der Waals surface area contributed by atoms with Crippen molar-refractivity contribution in [3.63, 3.8) is 0 Å². The maximum atomic E-state index is 6.16. The van der Waals surface area contributed by atoms with Crippen molar-refractivity contribution in [3.05, 3.63) is 28.2 Å². The lowest BCUT2D eigenvalue weighted by Gasteiger charge is -2.40. The number of benzene rings is 1. The Morgan fingerprint density at radius 2 is 1.94 bits per heavy atom. The van der Waals surface area contributed by atoms with Gasteiger partial charge < -0.3 is 10.1 Å². The largest absolute Gasteiger partial charge is 0.490 e. The summed E-state index contributed by atoms with van der Waals surface area (Å²) in [5, 5.41) is 3.70. The van der Waals surface area contributed by atoms with Crippen LogP contribution in [0.15, 0.2) is 22.7 Å². The van der Waals surface area contributed by atoms with Crippen LogP contribution in [-0.4, -0.2) is 18.2 Å². The van der Waals surface area contributed by atoms with E-state index in [1.807, 2.05) is 0 Å². The summed E-state index contributed by atoms with van der Waals surface area (Å²) >= 11 is 3.57. The molecule has 2 heterocycles. The van der Waals surface area contributed by atoms with Crippen molar-refractivity contribution in [2.75, 3.05) is 0 Å². The van der Waals surface area contributed by atoms with Crippen molar-refractivity contribution in [1.82, 2.24) is 5.32 Å². The summed E-state index contributed by atoms with van der Waals surface area (Å²) in [5.74, 6) is 0.998. The lowest BCUT2D eigenvalue weighted by molar-refractivity contribution is 0.0927. The zero-order valence-electron chi connectivity index (χ0n) is 10.8. The van der Waals surface area contributed by atoms with Crippen molar-refractivity contribution < 1.29 is 4.74 Å². The van der Waals surface area contributed by atoms with Gasteiger partial charge in [0.15, 0.2) is 0 Å². The molecule has 0 radical (unpaired) electrons. The van der Waals surface area contributed by atoms with Gasteiger partial charge in [-0.3, -0.25) is 0 Å². The summed E-state index contributed by atoms with van der Waals surface area (Å²) in [4.78, 5) is 0. The summed E-state index contributed by atoms with van der Waals surface area (Å²) in [6.07, 6.45) is 6.70. The first-order valence-corrected chi connectivity index (χ1v) is 7.69. The van der Waals surface area contributed by atoms with E-state index < -0.39 is 0 Å². The van der Waals surface area contributed by atoms with Gasteiger partial charge in [-0.25, -0.2) is 0 Å². The number of nitrogens with one attached hydrogen (secondary N) is 1. The smallest absolute Gasteiger partial charge is 0.120 e. The van der Waals surface area contributed by atoms with Gasteiger partial charge in [0, 0.05) is 16.6 Å². The number of fused-ring (bicyclic) bond motifs is 2. The summed E-state index contributed by atoms with van der Waals surface area (Å²) < 4.78 is 7.29. The molecule has 3 atom stereocenters. The van der Waals surface area contributed by atoms with E-state index in [1.54, 1.807) is 0 Å². The van der Waals surface area contributed by atoms with E-state index in [1.165, 1.54) is 24.8 Å². The van der Waals surface area contributed by atoms with Crippen LogP contribution in [0.1, 0.15) is 37.7 Å². The molecule has 2 aliphatic heterocycles. The SMILES string of the molecule is Cc1ccc(O[C@@H]2C[C@H]3CCC[C@@H](C2)N3)cc1Br. The molecule has 98 valence electrons. The Morgan fingerprint density at radius 1 is 1.22 bits per heavy atom. The van der Waals surface area contributed by atoms with Crippen LogP contribution in [0.3, 0.4) is 0 Å². The lowest BCUT2D eigenvalue weighted by atomic mass is 9.85. The second-order valence-electron chi connectivity index (χ2n) is 5.61. The second kappa shape index (κ2) is 5.22. The van der Waals surface area contributed by atoms with Gasteiger partial charge in [0.1, 0.15) is 11.9 Å². The van der Waals surface area contributed by atoms with Crippen molar-refractivity contribution in [2.45, 2.75) is 57.2 Å². The van der Waals surface area contributed by atoms with E-state index in [4.69, 9.17) is 4.74 Å². The van der Waals surface area contributed by atoms with Gasteiger partial charge >= 0.3 is 0 Å². The number of piperidine rings is 2. The van der Waals surface area contributed by atoms with Crippen LogP contribution >= 0.6 is 15.9 Å². The summed E-state index contributed by atoms with van der Waals surface area (Å²) in [6, 6.07) is 7.64. The van der Waals surface area contributed by atoms with Gasteiger partial charge in [0.25, 0.3) is 0 Å². The van der Waals surface area contributed by atoms with Crippen LogP contribution in [0, 0.1) is 6.92 Å². The molecule has 3 heteroatoms. The van der Waals surface area contributed by atoms with Gasteiger partial charge in [-0.05, 0) is 50.3 Å². The third-order valence-corrected chi connectivity index (χ3v) is 4.97. The monoisotopic (exact) mass is 309 g/mol. The molecule has 0 aromatic heterocycles. The molecule has 2 aliphatic rings. The maximum Gasteiger partial charge on any atom is 0.120 e. The zero-order chi connectivity index (χ0) is 12.5. The Balaban J connectivity index is 1.67. The first kappa shape index (κ1) is 12.5. The van der Waals surface area contributed by atoms with E-state index in [9.17, 15) is 0 Å². The molecular weight excluding hydrogens is 290 g/mol. The summed E-state index contributed by atoms with van der Waals surface area (Å²) in [6.45, 7) is 2.10. The Hall–Kier alpha value is -0.540. The lowest BCUT2D eigenvalue weighted by Crippen LogP contribution is -2.51. The van der Waals surface area contributed by atoms with Crippen LogP contribution in [0.5, 0.6) is 5.75 Å². The van der Waals surface area contributed by atoms with Gasteiger partial charge in [0.05, 0.1) is 0 Å². The normalized spacial score (nSPS) is 31.1. The fraction of sp³-hybridized carbons (Fsp3) is 0.600. The van der Waals surface area contributed by atoms with Gasteiger partial charge in [-0.2, -0.15) is 0 Å². The van der Waals surface area contributed by atoms with Crippen molar-refractivity contribution in [2.24, 2.45) is 0 Å². The molecule has 0 unspecified atom stereocenters. The third-order valence-electron chi connectivity index (χ3n) is 4.12. The average Bonchev–Trinajstić information content (AvgIpc) is 2.33. The molecule has 0 amide bonds. The number of rotatable bonds is 2. The number of ether oxygens (including phenoxy) is 1. The Labute approximate surface area is 117 Å². The van der Waals surface area contributed by atoms with Crippen molar-refractivity contribution >= 4 is 15.9 Å². The molecule has 18 heavy (non-hydrogen) atoms. The fourth-order valence-electron chi connectivity index (χ4n) is 3.15. The number of hydrogen-bond donors (Lipinski definition) is 1. The van der Waals surface area contributed by atoms with Gasteiger partial charge in [-0.1, -0.05) is 28.4 Å². The van der Waals surface area contributed by atoms with Gasteiger partial charge in [-0.15, -0.1) is 0 Å². The summed E-state index contributed by atoms with van der Waals surface area (Å²) in [5.41, 5.74) is 1.25. The minimum atomic E-state index is 0.385. The van der Waals surface area contributed by atoms with Crippen LogP contribution < -0.4 is 10.1 Å². The highest BCUT2D eigenvalue weighted by molar-refractivity contribution is 9.10. The summed E-state index contributed by atoms with van der Waals surface area (Å²) in [7, 11) is 0. The van der Waals surface area contributed by atoms with E-state index in [0.717, 1.165) is 23.1 Å². The molecule has 1 aromatic carbocycles. The molecule has 2 nitrogen and oxygen atoms in total. The molecule has 1 aromatic rings. The second-order valence-corrected chi connectivity index (χ2v) is 6.47. The fourth-order valence-corrected chi connectivity index (χ4v) is 3.51. The third kappa shape index (κ3) is 2.72. The standard InChI is InChI=1S/C15H20BrNO/c1-10-5-6-13(9-15(10)16)18-14-7-11-3-2-4-12(8-14)17-11/h5-6,9,11-12,14,17H,2-4,7-8H2,1H3/t11-,12+,14-. The number of aryl methyl sites for hydroxylation is 1. The molecule has 2 saturated heterocycles. The minimum Gasteiger partial charge on any atom is -0.490 e.